The predicted octanol–water partition coefficient (Wildman–Crippen LogP) is 1.87. The molecule has 0 bridgehead atoms. The summed E-state index contributed by atoms with van der Waals surface area (Å²) in [5.74, 6) is 0.595. The number of nitrogens with zero attached hydrogens (tertiary/aromatic N) is 2. The lowest BCUT2D eigenvalue weighted by atomic mass is 10.2. The number of anilines is 1. The van der Waals surface area contributed by atoms with E-state index in [1.54, 1.807) is 31.3 Å². The third-order valence-electron chi connectivity index (χ3n) is 2.57. The van der Waals surface area contributed by atoms with Gasteiger partial charge in [0, 0.05) is 32.7 Å². The second-order valence-electron chi connectivity index (χ2n) is 3.81. The Balaban J connectivity index is 2.46. The van der Waals surface area contributed by atoms with Gasteiger partial charge in [-0.15, -0.1) is 0 Å². The van der Waals surface area contributed by atoms with Crippen molar-refractivity contribution in [2.45, 2.75) is 19.8 Å². The standard InChI is InChI=1S/C13H20N2O3/c1-4-18-9-5-6-13(16)15(2)11-7-8-12(17-3)14-10-11/h7-8,10H,4-6,9H2,1-3H3. The summed E-state index contributed by atoms with van der Waals surface area (Å²) < 4.78 is 10.2. The van der Waals surface area contributed by atoms with E-state index in [0.717, 1.165) is 12.1 Å². The molecule has 0 aromatic carbocycles. The van der Waals surface area contributed by atoms with Crippen LogP contribution in [0.4, 0.5) is 5.69 Å². The fraction of sp³-hybridized carbons (Fsp3) is 0.538. The van der Waals surface area contributed by atoms with Crippen LogP contribution in [0, 0.1) is 0 Å². The molecule has 1 amide bonds. The van der Waals surface area contributed by atoms with Crippen LogP contribution < -0.4 is 9.64 Å². The number of rotatable bonds is 7. The highest BCUT2D eigenvalue weighted by Gasteiger charge is 2.10. The number of carbonyl (C=O) groups is 1. The van der Waals surface area contributed by atoms with Gasteiger partial charge in [0.15, 0.2) is 0 Å². The van der Waals surface area contributed by atoms with Crippen molar-refractivity contribution >= 4 is 11.6 Å². The quantitative estimate of drug-likeness (QED) is 0.695. The molecule has 0 fully saturated rings. The van der Waals surface area contributed by atoms with Crippen molar-refractivity contribution in [2.75, 3.05) is 32.3 Å². The van der Waals surface area contributed by atoms with Gasteiger partial charge in [-0.2, -0.15) is 0 Å². The topological polar surface area (TPSA) is 51.7 Å². The number of amides is 1. The summed E-state index contributed by atoms with van der Waals surface area (Å²) in [5, 5.41) is 0. The minimum absolute atomic E-state index is 0.0571. The van der Waals surface area contributed by atoms with Crippen LogP contribution >= 0.6 is 0 Å². The first-order valence-corrected chi connectivity index (χ1v) is 6.03. The van der Waals surface area contributed by atoms with Gasteiger partial charge in [0.25, 0.3) is 0 Å². The molecule has 1 aromatic heterocycles. The van der Waals surface area contributed by atoms with Crippen LogP contribution in [0.2, 0.25) is 0 Å². The zero-order valence-electron chi connectivity index (χ0n) is 11.2. The first-order valence-electron chi connectivity index (χ1n) is 6.03. The van der Waals surface area contributed by atoms with Crippen molar-refractivity contribution in [3.05, 3.63) is 18.3 Å². The highest BCUT2D eigenvalue weighted by molar-refractivity contribution is 5.92. The number of aromatic nitrogens is 1. The summed E-state index contributed by atoms with van der Waals surface area (Å²) in [4.78, 5) is 17.5. The van der Waals surface area contributed by atoms with Crippen LogP contribution in [-0.2, 0) is 9.53 Å². The van der Waals surface area contributed by atoms with E-state index in [4.69, 9.17) is 9.47 Å². The van der Waals surface area contributed by atoms with Crippen LogP contribution in [0.25, 0.3) is 0 Å². The van der Waals surface area contributed by atoms with E-state index in [1.807, 2.05) is 13.0 Å². The van der Waals surface area contributed by atoms with Crippen molar-refractivity contribution in [1.82, 2.24) is 4.98 Å². The lowest BCUT2D eigenvalue weighted by Crippen LogP contribution is -2.26. The number of hydrogen-bond acceptors (Lipinski definition) is 4. The van der Waals surface area contributed by atoms with Crippen LogP contribution in [0.1, 0.15) is 19.8 Å². The van der Waals surface area contributed by atoms with Crippen LogP contribution in [0.3, 0.4) is 0 Å². The third-order valence-corrected chi connectivity index (χ3v) is 2.57. The minimum Gasteiger partial charge on any atom is -0.481 e. The largest absolute Gasteiger partial charge is 0.481 e. The van der Waals surface area contributed by atoms with Gasteiger partial charge in [0.1, 0.15) is 0 Å². The number of hydrogen-bond donors (Lipinski definition) is 0. The predicted molar refractivity (Wildman–Crippen MR) is 69.9 cm³/mol. The monoisotopic (exact) mass is 252 g/mol. The Hall–Kier alpha value is -1.62. The molecule has 100 valence electrons. The lowest BCUT2D eigenvalue weighted by Gasteiger charge is -2.17. The van der Waals surface area contributed by atoms with Crippen LogP contribution in [0.5, 0.6) is 5.88 Å². The molecule has 0 aliphatic carbocycles. The van der Waals surface area contributed by atoms with E-state index in [2.05, 4.69) is 4.98 Å². The van der Waals surface area contributed by atoms with Crippen molar-refractivity contribution in [1.29, 1.82) is 0 Å². The molecule has 5 nitrogen and oxygen atoms in total. The number of methoxy groups -OCH3 is 1. The lowest BCUT2D eigenvalue weighted by molar-refractivity contribution is -0.118. The molecule has 0 spiro atoms. The molecule has 0 N–H and O–H groups in total. The summed E-state index contributed by atoms with van der Waals surface area (Å²) in [5.41, 5.74) is 0.761. The van der Waals surface area contributed by atoms with Crippen molar-refractivity contribution in [3.63, 3.8) is 0 Å². The second kappa shape index (κ2) is 7.66. The molecule has 0 aliphatic heterocycles. The van der Waals surface area contributed by atoms with E-state index in [0.29, 0.717) is 25.5 Å². The SMILES string of the molecule is CCOCCCC(=O)N(C)c1ccc(OC)nc1. The summed E-state index contributed by atoms with van der Waals surface area (Å²) in [6.07, 6.45) is 2.84. The van der Waals surface area contributed by atoms with Gasteiger partial charge >= 0.3 is 0 Å². The van der Waals surface area contributed by atoms with Gasteiger partial charge in [-0.1, -0.05) is 0 Å². The Labute approximate surface area is 108 Å². The van der Waals surface area contributed by atoms with Gasteiger partial charge in [-0.25, -0.2) is 4.98 Å². The Morgan fingerprint density at radius 2 is 2.22 bits per heavy atom. The Kier molecular flexibility index (Phi) is 6.14. The molecule has 1 heterocycles. The summed E-state index contributed by atoms with van der Waals surface area (Å²) in [6, 6.07) is 3.55. The molecule has 18 heavy (non-hydrogen) atoms. The minimum atomic E-state index is 0.0571. The molecule has 5 heteroatoms. The number of pyridine rings is 1. The zero-order valence-corrected chi connectivity index (χ0v) is 11.2. The fourth-order valence-electron chi connectivity index (χ4n) is 1.47. The number of carbonyl (C=O) groups excluding carboxylic acids is 1. The molecule has 0 saturated carbocycles. The molecule has 1 rings (SSSR count). The molecular formula is C13H20N2O3. The van der Waals surface area contributed by atoms with Crippen LogP contribution in [-0.4, -0.2) is 38.3 Å². The molecule has 0 aliphatic rings. The Morgan fingerprint density at radius 3 is 2.78 bits per heavy atom. The summed E-state index contributed by atoms with van der Waals surface area (Å²) >= 11 is 0. The average molecular weight is 252 g/mol. The smallest absolute Gasteiger partial charge is 0.226 e. The molecule has 0 atom stereocenters. The van der Waals surface area contributed by atoms with E-state index in [9.17, 15) is 4.79 Å². The Bertz CT molecular complexity index is 365. The van der Waals surface area contributed by atoms with E-state index >= 15 is 0 Å². The van der Waals surface area contributed by atoms with Gasteiger partial charge in [-0.3, -0.25) is 4.79 Å². The first-order chi connectivity index (χ1) is 8.69. The molecule has 1 aromatic rings. The van der Waals surface area contributed by atoms with Gasteiger partial charge in [0.2, 0.25) is 11.8 Å². The Morgan fingerprint density at radius 1 is 1.44 bits per heavy atom. The van der Waals surface area contributed by atoms with E-state index in [-0.39, 0.29) is 5.91 Å². The van der Waals surface area contributed by atoms with Gasteiger partial charge in [-0.05, 0) is 19.4 Å². The summed E-state index contributed by atoms with van der Waals surface area (Å²) in [6.45, 7) is 3.25. The third kappa shape index (κ3) is 4.33. The maximum absolute atomic E-state index is 11.9. The second-order valence-corrected chi connectivity index (χ2v) is 3.81. The maximum atomic E-state index is 11.9. The normalized spacial score (nSPS) is 10.2. The number of ether oxygens (including phenoxy) is 2. The van der Waals surface area contributed by atoms with Gasteiger partial charge in [0.05, 0.1) is 19.0 Å². The van der Waals surface area contributed by atoms with Crippen molar-refractivity contribution in [3.8, 4) is 5.88 Å². The highest BCUT2D eigenvalue weighted by Crippen LogP contribution is 2.15. The molecule has 0 unspecified atom stereocenters. The van der Waals surface area contributed by atoms with Crippen LogP contribution in [0.15, 0.2) is 18.3 Å². The van der Waals surface area contributed by atoms with E-state index in [1.165, 1.54) is 0 Å². The average Bonchev–Trinajstić information content (AvgIpc) is 2.42. The maximum Gasteiger partial charge on any atom is 0.226 e. The van der Waals surface area contributed by atoms with Crippen molar-refractivity contribution in [2.24, 2.45) is 0 Å². The summed E-state index contributed by atoms with van der Waals surface area (Å²) in [7, 11) is 3.30. The molecule has 0 saturated heterocycles. The van der Waals surface area contributed by atoms with E-state index < -0.39 is 0 Å². The first kappa shape index (κ1) is 14.4. The van der Waals surface area contributed by atoms with Crippen molar-refractivity contribution < 1.29 is 14.3 Å². The highest BCUT2D eigenvalue weighted by atomic mass is 16.5. The zero-order chi connectivity index (χ0) is 13.4. The van der Waals surface area contributed by atoms with Gasteiger partial charge < -0.3 is 14.4 Å². The fourth-order valence-corrected chi connectivity index (χ4v) is 1.47. The molecular weight excluding hydrogens is 232 g/mol. The molecule has 0 radical (unpaired) electrons.